The van der Waals surface area contributed by atoms with Gasteiger partial charge in [-0.05, 0) is 79.3 Å². The van der Waals surface area contributed by atoms with Gasteiger partial charge in [0.2, 0.25) is 0 Å². The van der Waals surface area contributed by atoms with Crippen molar-refractivity contribution in [2.45, 2.75) is 38.8 Å². The molecule has 2 aromatic carbocycles. The number of aromatic nitrogens is 2. The van der Waals surface area contributed by atoms with Crippen LogP contribution in [0, 0.1) is 0 Å². The van der Waals surface area contributed by atoms with Crippen LogP contribution in [0.25, 0.3) is 33.1 Å². The molecule has 0 bridgehead atoms. The Bertz CT molecular complexity index is 1440. The first-order valence-electron chi connectivity index (χ1n) is 12.7. The Morgan fingerprint density at radius 3 is 2.68 bits per heavy atom. The molecule has 0 spiro atoms. The monoisotopic (exact) mass is 449 g/mol. The molecule has 0 amide bonds. The van der Waals surface area contributed by atoms with Gasteiger partial charge in [0.1, 0.15) is 0 Å². The lowest BCUT2D eigenvalue weighted by Crippen LogP contribution is -2.43. The summed E-state index contributed by atoms with van der Waals surface area (Å²) in [5, 5.41) is 2.72. The third-order valence-electron chi connectivity index (χ3n) is 8.03. The first kappa shape index (κ1) is 20.4. The van der Waals surface area contributed by atoms with Crippen molar-refractivity contribution in [3.8, 4) is 11.3 Å². The zero-order valence-electron chi connectivity index (χ0n) is 19.9. The molecule has 5 nitrogen and oxygen atoms in total. The summed E-state index contributed by atoms with van der Waals surface area (Å²) in [5.74, 6) is 0. The summed E-state index contributed by atoms with van der Waals surface area (Å²) in [7, 11) is 2.22. The van der Waals surface area contributed by atoms with Crippen LogP contribution in [0.1, 0.15) is 40.8 Å². The molecule has 0 radical (unpaired) electrons. The number of aryl methyl sites for hydroxylation is 1. The van der Waals surface area contributed by atoms with Crippen LogP contribution >= 0.6 is 0 Å². The Morgan fingerprint density at radius 1 is 0.941 bits per heavy atom. The van der Waals surface area contributed by atoms with Crippen LogP contribution in [0.15, 0.2) is 41.4 Å². The van der Waals surface area contributed by atoms with E-state index in [1.54, 1.807) is 0 Å². The fourth-order valence-electron chi connectivity index (χ4n) is 6.11. The van der Waals surface area contributed by atoms with Crippen molar-refractivity contribution in [2.24, 2.45) is 4.99 Å². The largest absolute Gasteiger partial charge is 0.357 e. The minimum absolute atomic E-state index is 0.806. The maximum absolute atomic E-state index is 5.29. The smallest absolute Gasteiger partial charge is 0.0744 e. The number of pyridine rings is 1. The van der Waals surface area contributed by atoms with Gasteiger partial charge in [0.05, 0.1) is 17.8 Å². The molecule has 2 aliphatic heterocycles. The van der Waals surface area contributed by atoms with Gasteiger partial charge >= 0.3 is 0 Å². The third kappa shape index (κ3) is 3.38. The van der Waals surface area contributed by atoms with Gasteiger partial charge in [-0.25, -0.2) is 4.98 Å². The summed E-state index contributed by atoms with van der Waals surface area (Å²) in [4.78, 5) is 18.5. The number of H-pyrrole nitrogens is 1. The highest BCUT2D eigenvalue weighted by atomic mass is 15.2. The molecule has 7 rings (SSSR count). The molecule has 1 N–H and O–H groups in total. The molecular weight excluding hydrogens is 418 g/mol. The molecular formula is C29H31N5. The van der Waals surface area contributed by atoms with E-state index in [0.717, 1.165) is 57.6 Å². The fourth-order valence-corrected chi connectivity index (χ4v) is 6.11. The molecule has 4 aromatic rings. The lowest BCUT2D eigenvalue weighted by molar-refractivity contribution is 0.147. The molecule has 2 aromatic heterocycles. The van der Waals surface area contributed by atoms with Gasteiger partial charge < -0.3 is 9.88 Å². The molecule has 3 aliphatic rings. The fraction of sp³-hybridized carbons (Fsp3) is 0.379. The summed E-state index contributed by atoms with van der Waals surface area (Å²) >= 11 is 0. The second kappa shape index (κ2) is 8.03. The van der Waals surface area contributed by atoms with E-state index in [9.17, 15) is 0 Å². The van der Waals surface area contributed by atoms with Crippen LogP contribution in [0.3, 0.4) is 0 Å². The molecule has 1 saturated heterocycles. The maximum atomic E-state index is 5.29. The second-order valence-electron chi connectivity index (χ2n) is 10.3. The number of fused-ring (bicyclic) bond motifs is 6. The van der Waals surface area contributed by atoms with E-state index in [4.69, 9.17) is 4.98 Å². The van der Waals surface area contributed by atoms with Crippen LogP contribution in [0.2, 0.25) is 0 Å². The average Bonchev–Trinajstić information content (AvgIpc) is 3.50. The van der Waals surface area contributed by atoms with Crippen LogP contribution in [0.5, 0.6) is 0 Å². The van der Waals surface area contributed by atoms with E-state index in [0.29, 0.717) is 0 Å². The summed E-state index contributed by atoms with van der Waals surface area (Å²) in [6.07, 6.45) is 6.78. The standard InChI is InChI=1S/C29H31N5/c1-33-10-12-34(13-11-33)18-22-15-25-26(31-22)8-9-27-28(25)23-4-2-3-5-24(23)29(32-27)19-6-7-20-16-30-17-21(20)14-19/h6-9,14-15,17,31H,2-5,10-13,16,18H2,1H3. The third-order valence-corrected chi connectivity index (χ3v) is 8.03. The molecule has 34 heavy (non-hydrogen) atoms. The van der Waals surface area contributed by atoms with Gasteiger partial charge in [-0.3, -0.25) is 9.89 Å². The summed E-state index contributed by atoms with van der Waals surface area (Å²) in [6, 6.07) is 13.6. The minimum atomic E-state index is 0.806. The van der Waals surface area contributed by atoms with Crippen molar-refractivity contribution >= 4 is 28.0 Å². The van der Waals surface area contributed by atoms with E-state index in [1.165, 1.54) is 68.3 Å². The van der Waals surface area contributed by atoms with Gasteiger partial charge in [0, 0.05) is 66.5 Å². The molecule has 0 atom stereocenters. The molecule has 0 saturated carbocycles. The Labute approximate surface area is 200 Å². The highest BCUT2D eigenvalue weighted by Gasteiger charge is 2.22. The molecule has 1 aliphatic carbocycles. The number of piperazine rings is 1. The van der Waals surface area contributed by atoms with Crippen molar-refractivity contribution < 1.29 is 0 Å². The number of rotatable bonds is 3. The van der Waals surface area contributed by atoms with Crippen molar-refractivity contribution in [1.82, 2.24) is 19.8 Å². The first-order chi connectivity index (χ1) is 16.7. The van der Waals surface area contributed by atoms with Crippen molar-refractivity contribution in [2.75, 3.05) is 33.2 Å². The van der Waals surface area contributed by atoms with E-state index in [1.807, 2.05) is 6.21 Å². The maximum Gasteiger partial charge on any atom is 0.0744 e. The number of benzene rings is 2. The van der Waals surface area contributed by atoms with Crippen LogP contribution in [-0.4, -0.2) is 59.2 Å². The van der Waals surface area contributed by atoms with Crippen molar-refractivity contribution in [1.29, 1.82) is 0 Å². The molecule has 172 valence electrons. The highest BCUT2D eigenvalue weighted by molar-refractivity contribution is 6.08. The van der Waals surface area contributed by atoms with Gasteiger partial charge in [0.25, 0.3) is 0 Å². The van der Waals surface area contributed by atoms with Crippen molar-refractivity contribution in [3.63, 3.8) is 0 Å². The topological polar surface area (TPSA) is 47.5 Å². The zero-order valence-corrected chi connectivity index (χ0v) is 19.9. The van der Waals surface area contributed by atoms with Crippen LogP contribution in [-0.2, 0) is 25.9 Å². The van der Waals surface area contributed by atoms with E-state index < -0.39 is 0 Å². The predicted molar refractivity (Wildman–Crippen MR) is 140 cm³/mol. The van der Waals surface area contributed by atoms with Gasteiger partial charge in [0.15, 0.2) is 0 Å². The van der Waals surface area contributed by atoms with E-state index in [2.05, 4.69) is 63.2 Å². The Morgan fingerprint density at radius 2 is 1.79 bits per heavy atom. The molecule has 5 heteroatoms. The van der Waals surface area contributed by atoms with Gasteiger partial charge in [-0.2, -0.15) is 0 Å². The summed E-state index contributed by atoms with van der Waals surface area (Å²) in [5.41, 5.74) is 11.7. The second-order valence-corrected chi connectivity index (χ2v) is 10.3. The number of aromatic amines is 1. The molecule has 0 unspecified atom stereocenters. The minimum Gasteiger partial charge on any atom is -0.357 e. The van der Waals surface area contributed by atoms with Crippen LogP contribution in [0.4, 0.5) is 0 Å². The Balaban J connectivity index is 1.35. The number of nitrogens with one attached hydrogen (secondary N) is 1. The number of likely N-dealkylation sites (N-methyl/N-ethyl adjacent to an activating group) is 1. The lowest BCUT2D eigenvalue weighted by atomic mass is 9.85. The van der Waals surface area contributed by atoms with Crippen LogP contribution < -0.4 is 0 Å². The number of hydrogen-bond donors (Lipinski definition) is 1. The quantitative estimate of drug-likeness (QED) is 0.482. The summed E-state index contributed by atoms with van der Waals surface area (Å²) < 4.78 is 0. The molecule has 1 fully saturated rings. The van der Waals surface area contributed by atoms with E-state index >= 15 is 0 Å². The highest BCUT2D eigenvalue weighted by Crippen LogP contribution is 2.39. The van der Waals surface area contributed by atoms with E-state index in [-0.39, 0.29) is 0 Å². The number of hydrogen-bond acceptors (Lipinski definition) is 4. The predicted octanol–water partition coefficient (Wildman–Crippen LogP) is 4.94. The normalized spacial score (nSPS) is 18.6. The number of aliphatic imine (C=N–C) groups is 1. The molecule has 4 heterocycles. The number of nitrogens with zero attached hydrogens (tertiary/aromatic N) is 4. The summed E-state index contributed by atoms with van der Waals surface area (Å²) in [6.45, 7) is 6.38. The van der Waals surface area contributed by atoms with Gasteiger partial charge in [-0.15, -0.1) is 0 Å². The lowest BCUT2D eigenvalue weighted by Gasteiger charge is -2.31. The first-order valence-corrected chi connectivity index (χ1v) is 12.7. The zero-order chi connectivity index (χ0) is 22.6. The Kier molecular flexibility index (Phi) is 4.81. The van der Waals surface area contributed by atoms with Gasteiger partial charge in [-0.1, -0.05) is 12.1 Å². The SMILES string of the molecule is CN1CCN(Cc2cc3c(ccc4nc(-c5ccc6c(c5)C=NC6)c5c(c43)CCCC5)[nH]2)CC1. The Hall–Kier alpha value is -3.02. The van der Waals surface area contributed by atoms with Crippen molar-refractivity contribution in [3.05, 3.63) is 64.3 Å². The average molecular weight is 450 g/mol.